The first kappa shape index (κ1) is 18.0. The Balaban J connectivity index is 2.27. The van der Waals surface area contributed by atoms with Crippen molar-refractivity contribution in [3.05, 3.63) is 59.1 Å². The number of nitrogens with zero attached hydrogens (tertiary/aromatic N) is 2. The number of hydrogen-bond donors (Lipinski definition) is 3. The lowest BCUT2D eigenvalue weighted by atomic mass is 9.95. The van der Waals surface area contributed by atoms with Crippen LogP contribution < -0.4 is 11.5 Å². The summed E-state index contributed by atoms with van der Waals surface area (Å²) in [5.41, 5.74) is 15.9. The molecule has 0 unspecified atom stereocenters. The first-order valence-corrected chi connectivity index (χ1v) is 8.86. The normalized spacial score (nSPS) is 11.9. The lowest BCUT2D eigenvalue weighted by Crippen LogP contribution is -2.22. The number of benzene rings is 2. The summed E-state index contributed by atoms with van der Waals surface area (Å²) in [7, 11) is 0. The van der Waals surface area contributed by atoms with E-state index in [0.717, 1.165) is 39.9 Å². The Morgan fingerprint density at radius 3 is 2.38 bits per heavy atom. The molecular weight excluding hydrogens is 346 g/mol. The number of H-pyrrole nitrogens is 1. The molecule has 0 aliphatic carbocycles. The Hall–Kier alpha value is -2.79. The number of nitrogens with one attached hydrogen (secondary N) is 1. The van der Waals surface area contributed by atoms with Gasteiger partial charge in [-0.25, -0.2) is 0 Å². The Kier molecular flexibility index (Phi) is 5.28. The quantitative estimate of drug-likeness (QED) is 0.351. The van der Waals surface area contributed by atoms with Crippen molar-refractivity contribution < 1.29 is 0 Å². The van der Waals surface area contributed by atoms with Crippen molar-refractivity contribution in [3.8, 4) is 11.3 Å². The molecule has 0 aliphatic rings. The Morgan fingerprint density at radius 2 is 1.73 bits per heavy atom. The number of guanidine groups is 1. The molecule has 0 amide bonds. The zero-order chi connectivity index (χ0) is 18.7. The van der Waals surface area contributed by atoms with Crippen LogP contribution in [0.15, 0.2) is 58.7 Å². The summed E-state index contributed by atoms with van der Waals surface area (Å²) in [6.07, 6.45) is 0.749. The van der Waals surface area contributed by atoms with E-state index in [0.29, 0.717) is 10.9 Å². The maximum absolute atomic E-state index is 6.05. The number of rotatable bonds is 5. The Labute approximate surface area is 157 Å². The third kappa shape index (κ3) is 3.89. The molecule has 0 fully saturated rings. The first-order chi connectivity index (χ1) is 12.5. The van der Waals surface area contributed by atoms with Gasteiger partial charge in [0.05, 0.1) is 11.4 Å². The second-order valence-corrected chi connectivity index (χ2v) is 7.03. The number of para-hydroxylation sites is 1. The van der Waals surface area contributed by atoms with E-state index in [4.69, 9.17) is 23.1 Å². The predicted octanol–water partition coefficient (Wildman–Crippen LogP) is 4.51. The second kappa shape index (κ2) is 7.62. The van der Waals surface area contributed by atoms with Gasteiger partial charge in [0.2, 0.25) is 5.96 Å². The lowest BCUT2D eigenvalue weighted by Gasteiger charge is -2.10. The molecule has 3 rings (SSSR count). The largest absolute Gasteiger partial charge is 0.369 e. The molecule has 0 saturated carbocycles. The van der Waals surface area contributed by atoms with Gasteiger partial charge < -0.3 is 16.5 Å². The molecule has 0 atom stereocenters. The molecule has 5 N–H and O–H groups in total. The topological polar surface area (TPSA) is 92.5 Å². The molecule has 1 heterocycles. The molecular formula is C20H22ClN5. The average molecular weight is 368 g/mol. The molecule has 0 bridgehead atoms. The first-order valence-electron chi connectivity index (χ1n) is 8.48. The van der Waals surface area contributed by atoms with Gasteiger partial charge in [-0.1, -0.05) is 55.8 Å². The molecule has 6 heteroatoms. The fourth-order valence-electron chi connectivity index (χ4n) is 2.97. The van der Waals surface area contributed by atoms with Gasteiger partial charge in [0.15, 0.2) is 0 Å². The summed E-state index contributed by atoms with van der Waals surface area (Å²) in [5.74, 6) is 0.341. The van der Waals surface area contributed by atoms with E-state index in [9.17, 15) is 0 Å². The van der Waals surface area contributed by atoms with Crippen molar-refractivity contribution in [2.24, 2.45) is 27.6 Å². The highest BCUT2D eigenvalue weighted by Crippen LogP contribution is 2.33. The van der Waals surface area contributed by atoms with Crippen LogP contribution in [0, 0.1) is 5.92 Å². The molecule has 26 heavy (non-hydrogen) atoms. The van der Waals surface area contributed by atoms with Crippen LogP contribution in [0.4, 0.5) is 0 Å². The third-order valence-corrected chi connectivity index (χ3v) is 4.27. The van der Waals surface area contributed by atoms with Crippen molar-refractivity contribution >= 4 is 34.2 Å². The highest BCUT2D eigenvalue weighted by Gasteiger charge is 2.19. The van der Waals surface area contributed by atoms with Crippen LogP contribution in [0.5, 0.6) is 0 Å². The van der Waals surface area contributed by atoms with E-state index >= 15 is 0 Å². The molecule has 2 aromatic carbocycles. The Bertz CT molecular complexity index is 964. The zero-order valence-electron chi connectivity index (χ0n) is 14.8. The minimum absolute atomic E-state index is 0.0564. The van der Waals surface area contributed by atoms with Crippen LogP contribution in [-0.4, -0.2) is 16.7 Å². The average Bonchev–Trinajstić information content (AvgIpc) is 2.98. The second-order valence-electron chi connectivity index (χ2n) is 6.60. The molecule has 5 nitrogen and oxygen atoms in total. The van der Waals surface area contributed by atoms with Crippen molar-refractivity contribution in [1.82, 2.24) is 4.98 Å². The van der Waals surface area contributed by atoms with Gasteiger partial charge in [-0.3, -0.25) is 0 Å². The Morgan fingerprint density at radius 1 is 1.04 bits per heavy atom. The molecule has 134 valence electrons. The fourth-order valence-corrected chi connectivity index (χ4v) is 3.10. The molecule has 0 saturated heterocycles. The fraction of sp³-hybridized carbons (Fsp3) is 0.200. The van der Waals surface area contributed by atoms with E-state index in [-0.39, 0.29) is 5.96 Å². The predicted molar refractivity (Wildman–Crippen MR) is 111 cm³/mol. The summed E-state index contributed by atoms with van der Waals surface area (Å²) in [4.78, 5) is 3.51. The smallest absolute Gasteiger partial charge is 0.211 e. The van der Waals surface area contributed by atoms with Crippen LogP contribution >= 0.6 is 11.6 Å². The van der Waals surface area contributed by atoms with E-state index in [1.807, 2.05) is 42.5 Å². The highest BCUT2D eigenvalue weighted by molar-refractivity contribution is 6.30. The van der Waals surface area contributed by atoms with Crippen molar-refractivity contribution in [1.29, 1.82) is 0 Å². The summed E-state index contributed by atoms with van der Waals surface area (Å²) < 4.78 is 0. The van der Waals surface area contributed by atoms with E-state index in [1.165, 1.54) is 0 Å². The van der Waals surface area contributed by atoms with Gasteiger partial charge in [-0.2, -0.15) is 5.10 Å². The summed E-state index contributed by atoms with van der Waals surface area (Å²) in [5, 5.41) is 10.1. The zero-order valence-corrected chi connectivity index (χ0v) is 15.6. The van der Waals surface area contributed by atoms with Crippen LogP contribution in [0.3, 0.4) is 0 Å². The molecule has 1 aromatic heterocycles. The number of aromatic nitrogens is 1. The number of fused-ring (bicyclic) bond motifs is 1. The van der Waals surface area contributed by atoms with E-state index in [2.05, 4.69) is 35.1 Å². The SMILES string of the molecule is CC(C)C/C(=N\N=C(N)N)c1c(-c2ccc(Cl)cc2)[nH]c2ccccc12. The van der Waals surface area contributed by atoms with E-state index in [1.54, 1.807) is 0 Å². The lowest BCUT2D eigenvalue weighted by molar-refractivity contribution is 0.683. The summed E-state index contributed by atoms with van der Waals surface area (Å²) in [6.45, 7) is 4.28. The highest BCUT2D eigenvalue weighted by atomic mass is 35.5. The summed E-state index contributed by atoms with van der Waals surface area (Å²) >= 11 is 6.05. The van der Waals surface area contributed by atoms with Gasteiger partial charge in [0.1, 0.15) is 0 Å². The molecule has 0 spiro atoms. The van der Waals surface area contributed by atoms with Crippen LogP contribution in [-0.2, 0) is 0 Å². The number of aromatic amines is 1. The van der Waals surface area contributed by atoms with Crippen molar-refractivity contribution in [2.75, 3.05) is 0 Å². The van der Waals surface area contributed by atoms with Gasteiger partial charge in [-0.15, -0.1) is 5.10 Å². The molecule has 3 aromatic rings. The van der Waals surface area contributed by atoms with Crippen molar-refractivity contribution in [3.63, 3.8) is 0 Å². The van der Waals surface area contributed by atoms with Crippen LogP contribution in [0.1, 0.15) is 25.8 Å². The number of hydrogen-bond acceptors (Lipinski definition) is 2. The van der Waals surface area contributed by atoms with Gasteiger partial charge in [0.25, 0.3) is 0 Å². The third-order valence-electron chi connectivity index (χ3n) is 4.02. The maximum Gasteiger partial charge on any atom is 0.211 e. The van der Waals surface area contributed by atoms with E-state index < -0.39 is 0 Å². The maximum atomic E-state index is 6.05. The van der Waals surface area contributed by atoms with Crippen molar-refractivity contribution in [2.45, 2.75) is 20.3 Å². The molecule has 0 radical (unpaired) electrons. The minimum Gasteiger partial charge on any atom is -0.369 e. The summed E-state index contributed by atoms with van der Waals surface area (Å²) in [6, 6.07) is 15.9. The van der Waals surface area contributed by atoms with Crippen LogP contribution in [0.2, 0.25) is 5.02 Å². The molecule has 0 aliphatic heterocycles. The van der Waals surface area contributed by atoms with Gasteiger partial charge >= 0.3 is 0 Å². The minimum atomic E-state index is -0.0564. The van der Waals surface area contributed by atoms with Gasteiger partial charge in [-0.05, 0) is 36.1 Å². The number of nitrogens with two attached hydrogens (primary N) is 2. The standard InChI is InChI=1S/C20H22ClN5/c1-12(2)11-17(25-26-20(22)23)18-15-5-3-4-6-16(15)24-19(18)13-7-9-14(21)10-8-13/h3-10,12,24H,11H2,1-2H3,(H4,22,23,26)/b25-17+. The monoisotopic (exact) mass is 367 g/mol. The number of halogens is 1. The van der Waals surface area contributed by atoms with Crippen LogP contribution in [0.25, 0.3) is 22.2 Å². The van der Waals surface area contributed by atoms with Gasteiger partial charge in [0, 0.05) is 21.5 Å².